The number of amides is 1. The van der Waals surface area contributed by atoms with Gasteiger partial charge in [-0.1, -0.05) is 30.3 Å². The number of hydrogen-bond acceptors (Lipinski definition) is 5. The summed E-state index contributed by atoms with van der Waals surface area (Å²) in [6.45, 7) is 3.58. The number of aliphatic carboxylic acids is 1. The zero-order valence-corrected chi connectivity index (χ0v) is 13.7. The molecule has 0 aliphatic heterocycles. The summed E-state index contributed by atoms with van der Waals surface area (Å²) in [6, 6.07) is 7.74. The third-order valence-electron chi connectivity index (χ3n) is 3.17. The molecule has 0 aliphatic carbocycles. The minimum atomic E-state index is -1.15. The first-order valence-corrected chi connectivity index (χ1v) is 8.00. The van der Waals surface area contributed by atoms with E-state index in [1.54, 1.807) is 19.2 Å². The van der Waals surface area contributed by atoms with Crippen LogP contribution in [0, 0.1) is 0 Å². The van der Waals surface area contributed by atoms with Crippen LogP contribution in [-0.2, 0) is 16.1 Å². The molecule has 0 radical (unpaired) electrons. The first-order valence-electron chi connectivity index (χ1n) is 7.12. The summed E-state index contributed by atoms with van der Waals surface area (Å²) in [6.07, 6.45) is 0.843. The molecule has 7 heteroatoms. The first-order chi connectivity index (χ1) is 11.0. The molecule has 23 heavy (non-hydrogen) atoms. The van der Waals surface area contributed by atoms with E-state index in [1.807, 2.05) is 30.3 Å². The van der Waals surface area contributed by atoms with Crippen molar-refractivity contribution in [2.45, 2.75) is 32.5 Å². The van der Waals surface area contributed by atoms with Gasteiger partial charge in [0, 0.05) is 17.6 Å². The molecule has 2 rings (SSSR count). The number of carbonyl (C=O) groups excluding carboxylic acids is 1. The van der Waals surface area contributed by atoms with Crippen LogP contribution in [0.25, 0.3) is 0 Å². The second kappa shape index (κ2) is 7.73. The van der Waals surface area contributed by atoms with Crippen molar-refractivity contribution in [2.24, 2.45) is 0 Å². The highest BCUT2D eigenvalue weighted by Crippen LogP contribution is 2.26. The van der Waals surface area contributed by atoms with Crippen LogP contribution in [0.3, 0.4) is 0 Å². The number of carboxylic acids is 1. The second-order valence-electron chi connectivity index (χ2n) is 5.15. The maximum absolute atomic E-state index is 12.4. The second-order valence-corrected chi connectivity index (χ2v) is 6.08. The lowest BCUT2D eigenvalue weighted by molar-refractivity contribution is -0.143. The van der Waals surface area contributed by atoms with Crippen LogP contribution < -0.4 is 0 Å². The van der Waals surface area contributed by atoms with Gasteiger partial charge in [-0.15, -0.1) is 11.3 Å². The van der Waals surface area contributed by atoms with Crippen LogP contribution in [0.1, 0.15) is 30.5 Å². The molecule has 2 aromatic rings. The maximum Gasteiger partial charge on any atom is 0.411 e. The van der Waals surface area contributed by atoms with Crippen LogP contribution in [0.5, 0.6) is 0 Å². The minimum absolute atomic E-state index is 0.0904. The van der Waals surface area contributed by atoms with Gasteiger partial charge in [-0.3, -0.25) is 4.90 Å². The van der Waals surface area contributed by atoms with Gasteiger partial charge >= 0.3 is 12.1 Å². The van der Waals surface area contributed by atoms with E-state index < -0.39 is 18.1 Å². The Kier molecular flexibility index (Phi) is 5.70. The monoisotopic (exact) mass is 334 g/mol. The fourth-order valence-electron chi connectivity index (χ4n) is 2.12. The highest BCUT2D eigenvalue weighted by atomic mass is 32.1. The number of aromatic nitrogens is 1. The van der Waals surface area contributed by atoms with E-state index in [0.717, 1.165) is 5.56 Å². The average molecular weight is 334 g/mol. The zero-order valence-electron chi connectivity index (χ0n) is 12.9. The lowest BCUT2D eigenvalue weighted by Gasteiger charge is -2.30. The van der Waals surface area contributed by atoms with Gasteiger partial charge in [-0.2, -0.15) is 0 Å². The van der Waals surface area contributed by atoms with Crippen LogP contribution in [0.15, 0.2) is 41.9 Å². The van der Waals surface area contributed by atoms with E-state index >= 15 is 0 Å². The predicted molar refractivity (Wildman–Crippen MR) is 86.1 cm³/mol. The highest BCUT2D eigenvalue weighted by molar-refractivity contribution is 7.09. The first kappa shape index (κ1) is 17.0. The third kappa shape index (κ3) is 4.29. The van der Waals surface area contributed by atoms with Crippen molar-refractivity contribution in [3.8, 4) is 0 Å². The van der Waals surface area contributed by atoms with Crippen molar-refractivity contribution in [1.82, 2.24) is 9.88 Å². The van der Waals surface area contributed by atoms with Gasteiger partial charge in [0.2, 0.25) is 0 Å². The molecule has 122 valence electrons. The largest absolute Gasteiger partial charge is 0.479 e. The molecule has 1 aromatic heterocycles. The van der Waals surface area contributed by atoms with Gasteiger partial charge in [0.15, 0.2) is 6.04 Å². The van der Waals surface area contributed by atoms with Crippen molar-refractivity contribution in [3.63, 3.8) is 0 Å². The lowest BCUT2D eigenvalue weighted by Crippen LogP contribution is -2.43. The van der Waals surface area contributed by atoms with E-state index in [2.05, 4.69) is 4.98 Å². The van der Waals surface area contributed by atoms with Crippen molar-refractivity contribution < 1.29 is 19.4 Å². The number of nitrogens with zero attached hydrogens (tertiary/aromatic N) is 2. The van der Waals surface area contributed by atoms with Crippen LogP contribution >= 0.6 is 11.3 Å². The summed E-state index contributed by atoms with van der Waals surface area (Å²) in [5.74, 6) is -1.13. The maximum atomic E-state index is 12.4. The van der Waals surface area contributed by atoms with Crippen LogP contribution in [0.4, 0.5) is 4.79 Å². The highest BCUT2D eigenvalue weighted by Gasteiger charge is 2.36. The fraction of sp³-hybridized carbons (Fsp3) is 0.312. The molecule has 1 atom stereocenters. The zero-order chi connectivity index (χ0) is 16.8. The summed E-state index contributed by atoms with van der Waals surface area (Å²) < 4.78 is 5.28. The van der Waals surface area contributed by atoms with E-state index in [0.29, 0.717) is 5.01 Å². The normalized spacial score (nSPS) is 12.0. The molecule has 1 N–H and O–H groups in total. The third-order valence-corrected chi connectivity index (χ3v) is 4.00. The van der Waals surface area contributed by atoms with E-state index in [9.17, 15) is 14.7 Å². The Morgan fingerprint density at radius 2 is 2.00 bits per heavy atom. The van der Waals surface area contributed by atoms with Crippen molar-refractivity contribution in [2.75, 3.05) is 0 Å². The molecule has 0 fully saturated rings. The van der Waals surface area contributed by atoms with Crippen molar-refractivity contribution in [3.05, 3.63) is 52.5 Å². The number of ether oxygens (including phenoxy) is 1. The molecular formula is C16H18N2O4S. The summed E-state index contributed by atoms with van der Waals surface area (Å²) in [7, 11) is 0. The van der Waals surface area contributed by atoms with Gasteiger partial charge in [-0.25, -0.2) is 14.6 Å². The molecule has 1 aromatic carbocycles. The molecule has 0 spiro atoms. The molecule has 1 amide bonds. The number of carboxylic acid groups (broad SMARTS) is 1. The minimum Gasteiger partial charge on any atom is -0.479 e. The van der Waals surface area contributed by atoms with Gasteiger partial charge in [-0.05, 0) is 19.4 Å². The lowest BCUT2D eigenvalue weighted by atomic mass is 10.2. The summed E-state index contributed by atoms with van der Waals surface area (Å²) in [5.41, 5.74) is 0.839. The molecule has 6 nitrogen and oxygen atoms in total. The van der Waals surface area contributed by atoms with Crippen molar-refractivity contribution >= 4 is 23.4 Å². The van der Waals surface area contributed by atoms with E-state index in [4.69, 9.17) is 4.74 Å². The molecule has 0 bridgehead atoms. The Morgan fingerprint density at radius 3 is 2.52 bits per heavy atom. The quantitative estimate of drug-likeness (QED) is 0.876. The topological polar surface area (TPSA) is 79.7 Å². The molecule has 0 saturated carbocycles. The molecule has 0 aliphatic rings. The SMILES string of the molecule is CC(C)N(C(=O)OCc1ccccc1)C(C(=O)O)c1nccs1. The Hall–Kier alpha value is -2.41. The summed E-state index contributed by atoms with van der Waals surface area (Å²) in [5, 5.41) is 11.5. The number of rotatable bonds is 6. The standard InChI is InChI=1S/C16H18N2O4S/c1-11(2)18(13(15(19)20)14-17-8-9-23-14)16(21)22-10-12-6-4-3-5-7-12/h3-9,11,13H,10H2,1-2H3,(H,19,20). The van der Waals surface area contributed by atoms with E-state index in [1.165, 1.54) is 22.4 Å². The summed E-state index contributed by atoms with van der Waals surface area (Å²) in [4.78, 5) is 29.3. The van der Waals surface area contributed by atoms with Gasteiger partial charge in [0.1, 0.15) is 11.6 Å². The van der Waals surface area contributed by atoms with Crippen molar-refractivity contribution in [1.29, 1.82) is 0 Å². The average Bonchev–Trinajstić information content (AvgIpc) is 3.04. The van der Waals surface area contributed by atoms with Gasteiger partial charge in [0.05, 0.1) is 0 Å². The summed E-state index contributed by atoms with van der Waals surface area (Å²) >= 11 is 1.20. The fourth-order valence-corrected chi connectivity index (χ4v) is 2.85. The van der Waals surface area contributed by atoms with Gasteiger partial charge in [0.25, 0.3) is 0 Å². The number of thiazole rings is 1. The van der Waals surface area contributed by atoms with Crippen LogP contribution in [0.2, 0.25) is 0 Å². The smallest absolute Gasteiger partial charge is 0.411 e. The number of carbonyl (C=O) groups is 2. The molecule has 1 unspecified atom stereocenters. The Bertz CT molecular complexity index is 643. The Balaban J connectivity index is 2.16. The van der Waals surface area contributed by atoms with E-state index in [-0.39, 0.29) is 12.6 Å². The number of benzene rings is 1. The Labute approximate surface area is 138 Å². The van der Waals surface area contributed by atoms with Gasteiger partial charge < -0.3 is 9.84 Å². The van der Waals surface area contributed by atoms with Crippen LogP contribution in [-0.4, -0.2) is 33.1 Å². The predicted octanol–water partition coefficient (Wildman–Crippen LogP) is 3.32. The Morgan fingerprint density at radius 1 is 1.30 bits per heavy atom. The molecular weight excluding hydrogens is 316 g/mol. The molecule has 0 saturated heterocycles. The number of hydrogen-bond donors (Lipinski definition) is 1. The molecule has 1 heterocycles.